The highest BCUT2D eigenvalue weighted by Crippen LogP contribution is 2.28. The van der Waals surface area contributed by atoms with Crippen LogP contribution in [-0.2, 0) is 19.6 Å². The SMILES string of the molecule is CN(CCN(CC(=O)NO)S(=O)(=O)c1ccc(Oc2ccc(F)cc2)c(F)c1)C(=O)N1CCOCC1. The van der Waals surface area contributed by atoms with Crippen LogP contribution >= 0.6 is 0 Å². The van der Waals surface area contributed by atoms with E-state index in [2.05, 4.69) is 0 Å². The smallest absolute Gasteiger partial charge is 0.319 e. The third-order valence-corrected chi connectivity index (χ3v) is 7.16. The van der Waals surface area contributed by atoms with Gasteiger partial charge in [-0.15, -0.1) is 0 Å². The van der Waals surface area contributed by atoms with E-state index in [1.165, 1.54) is 29.6 Å². The Morgan fingerprint density at radius 2 is 1.78 bits per heavy atom. The van der Waals surface area contributed by atoms with E-state index in [-0.39, 0.29) is 30.6 Å². The van der Waals surface area contributed by atoms with Gasteiger partial charge in [0.05, 0.1) is 24.7 Å². The zero-order valence-corrected chi connectivity index (χ0v) is 20.2. The van der Waals surface area contributed by atoms with Gasteiger partial charge in [0.15, 0.2) is 11.6 Å². The Morgan fingerprint density at radius 3 is 2.39 bits per heavy atom. The van der Waals surface area contributed by atoms with E-state index in [9.17, 15) is 26.8 Å². The summed E-state index contributed by atoms with van der Waals surface area (Å²) in [7, 11) is -2.94. The highest BCUT2D eigenvalue weighted by Gasteiger charge is 2.29. The number of nitrogens with one attached hydrogen (secondary N) is 1. The summed E-state index contributed by atoms with van der Waals surface area (Å²) >= 11 is 0. The molecule has 0 unspecified atom stereocenters. The summed E-state index contributed by atoms with van der Waals surface area (Å²) in [6.45, 7) is 0.411. The van der Waals surface area contributed by atoms with Crippen LogP contribution in [0.15, 0.2) is 47.4 Å². The van der Waals surface area contributed by atoms with E-state index in [4.69, 9.17) is 14.7 Å². The Morgan fingerprint density at radius 1 is 1.11 bits per heavy atom. The Balaban J connectivity index is 1.75. The number of sulfonamides is 1. The highest BCUT2D eigenvalue weighted by atomic mass is 32.2. The molecule has 2 aromatic carbocycles. The van der Waals surface area contributed by atoms with Gasteiger partial charge in [-0.25, -0.2) is 27.5 Å². The standard InChI is InChI=1S/C22H26F2N4O7S/c1-26(22(30)27-10-12-34-13-11-27)8-9-28(15-21(29)25-31)36(32,33)18-6-7-20(19(24)14-18)35-17-4-2-16(23)3-5-17/h2-7,14,31H,8-13,15H2,1H3,(H,25,29). The average Bonchev–Trinajstić information content (AvgIpc) is 2.88. The molecule has 0 saturated carbocycles. The van der Waals surface area contributed by atoms with Crippen LogP contribution in [0.3, 0.4) is 0 Å². The molecule has 196 valence electrons. The van der Waals surface area contributed by atoms with Gasteiger partial charge in [0.1, 0.15) is 11.6 Å². The Hall–Kier alpha value is -3.33. The average molecular weight is 529 g/mol. The first-order valence-corrected chi connectivity index (χ1v) is 12.3. The summed E-state index contributed by atoms with van der Waals surface area (Å²) in [5.74, 6) is -2.69. The normalized spacial score (nSPS) is 14.0. The van der Waals surface area contributed by atoms with Crippen LogP contribution in [0.5, 0.6) is 11.5 Å². The molecule has 1 heterocycles. The number of urea groups is 1. The molecule has 2 N–H and O–H groups in total. The second-order valence-electron chi connectivity index (χ2n) is 7.83. The third-order valence-electron chi connectivity index (χ3n) is 5.32. The first-order chi connectivity index (χ1) is 17.1. The van der Waals surface area contributed by atoms with Crippen LogP contribution in [0.2, 0.25) is 0 Å². The third kappa shape index (κ3) is 6.87. The number of carbonyl (C=O) groups is 2. The number of benzene rings is 2. The van der Waals surface area contributed by atoms with Crippen LogP contribution in [-0.4, -0.2) is 92.7 Å². The molecule has 0 radical (unpaired) electrons. The van der Waals surface area contributed by atoms with Crippen molar-refractivity contribution in [3.8, 4) is 11.5 Å². The van der Waals surface area contributed by atoms with E-state index < -0.39 is 39.0 Å². The Labute approximate surface area is 206 Å². The van der Waals surface area contributed by atoms with Crippen molar-refractivity contribution in [2.45, 2.75) is 4.90 Å². The van der Waals surface area contributed by atoms with Gasteiger partial charge in [-0.3, -0.25) is 10.0 Å². The second kappa shape index (κ2) is 12.1. The lowest BCUT2D eigenvalue weighted by Crippen LogP contribution is -2.49. The largest absolute Gasteiger partial charge is 0.454 e. The van der Waals surface area contributed by atoms with Crippen molar-refractivity contribution in [2.24, 2.45) is 0 Å². The molecule has 3 amide bonds. The van der Waals surface area contributed by atoms with Gasteiger partial charge in [-0.05, 0) is 42.5 Å². The number of likely N-dealkylation sites (N-methyl/N-ethyl adjacent to an activating group) is 1. The molecule has 2 aromatic rings. The van der Waals surface area contributed by atoms with E-state index in [0.29, 0.717) is 26.3 Å². The number of carbonyl (C=O) groups excluding carboxylic acids is 2. The van der Waals surface area contributed by atoms with Crippen molar-refractivity contribution in [3.05, 3.63) is 54.1 Å². The van der Waals surface area contributed by atoms with Crippen LogP contribution in [0, 0.1) is 11.6 Å². The lowest BCUT2D eigenvalue weighted by Gasteiger charge is -2.32. The fourth-order valence-electron chi connectivity index (χ4n) is 3.34. The minimum Gasteiger partial charge on any atom is -0.454 e. The number of hydroxylamine groups is 1. The van der Waals surface area contributed by atoms with Gasteiger partial charge in [0, 0.05) is 33.2 Å². The summed E-state index contributed by atoms with van der Waals surface area (Å²) in [6, 6.07) is 7.37. The van der Waals surface area contributed by atoms with Crippen LogP contribution in [0.25, 0.3) is 0 Å². The number of halogens is 2. The maximum absolute atomic E-state index is 14.7. The number of hydrogen-bond donors (Lipinski definition) is 2. The summed E-state index contributed by atoms with van der Waals surface area (Å²) in [4.78, 5) is 26.7. The molecule has 11 nitrogen and oxygen atoms in total. The number of ether oxygens (including phenoxy) is 2. The van der Waals surface area contributed by atoms with Gasteiger partial charge in [-0.2, -0.15) is 4.31 Å². The number of amides is 3. The number of nitrogens with zero attached hydrogens (tertiary/aromatic N) is 3. The second-order valence-corrected chi connectivity index (χ2v) is 9.76. The summed E-state index contributed by atoms with van der Waals surface area (Å²) in [5.41, 5.74) is 1.36. The molecule has 1 saturated heterocycles. The van der Waals surface area contributed by atoms with Crippen LogP contribution in [0.4, 0.5) is 13.6 Å². The van der Waals surface area contributed by atoms with Gasteiger partial charge in [-0.1, -0.05) is 0 Å². The minimum absolute atomic E-state index is 0.0810. The lowest BCUT2D eigenvalue weighted by atomic mass is 10.3. The molecule has 0 bridgehead atoms. The molecule has 0 aromatic heterocycles. The molecular formula is C22H26F2N4O7S. The van der Waals surface area contributed by atoms with Crippen molar-refractivity contribution in [1.29, 1.82) is 0 Å². The fraction of sp³-hybridized carbons (Fsp3) is 0.364. The zero-order valence-electron chi connectivity index (χ0n) is 19.4. The molecule has 1 aliphatic rings. The van der Waals surface area contributed by atoms with E-state index >= 15 is 0 Å². The van der Waals surface area contributed by atoms with Crippen LogP contribution < -0.4 is 10.2 Å². The van der Waals surface area contributed by atoms with Crippen molar-refractivity contribution in [1.82, 2.24) is 19.6 Å². The number of rotatable bonds is 9. The molecule has 0 atom stereocenters. The predicted molar refractivity (Wildman–Crippen MR) is 122 cm³/mol. The summed E-state index contributed by atoms with van der Waals surface area (Å²) in [6.07, 6.45) is 0. The van der Waals surface area contributed by atoms with Gasteiger partial charge >= 0.3 is 6.03 Å². The first-order valence-electron chi connectivity index (χ1n) is 10.9. The van der Waals surface area contributed by atoms with E-state index in [1.807, 2.05) is 0 Å². The zero-order chi connectivity index (χ0) is 26.3. The van der Waals surface area contributed by atoms with Crippen molar-refractivity contribution < 1.29 is 41.5 Å². The van der Waals surface area contributed by atoms with Crippen molar-refractivity contribution in [3.63, 3.8) is 0 Å². The highest BCUT2D eigenvalue weighted by molar-refractivity contribution is 7.89. The number of morpholine rings is 1. The van der Waals surface area contributed by atoms with Crippen molar-refractivity contribution >= 4 is 22.0 Å². The molecule has 0 spiro atoms. The maximum atomic E-state index is 14.7. The monoisotopic (exact) mass is 528 g/mol. The number of hydrogen-bond acceptors (Lipinski definition) is 7. The molecule has 3 rings (SSSR count). The topological polar surface area (TPSA) is 129 Å². The maximum Gasteiger partial charge on any atom is 0.319 e. The summed E-state index contributed by atoms with van der Waals surface area (Å²) in [5, 5.41) is 8.89. The molecule has 36 heavy (non-hydrogen) atoms. The van der Waals surface area contributed by atoms with Gasteiger partial charge in [0.25, 0.3) is 5.91 Å². The lowest BCUT2D eigenvalue weighted by molar-refractivity contribution is -0.129. The molecule has 1 aliphatic heterocycles. The quantitative estimate of drug-likeness (QED) is 0.374. The fourth-order valence-corrected chi connectivity index (χ4v) is 4.74. The Kier molecular flexibility index (Phi) is 9.14. The molecule has 14 heteroatoms. The summed E-state index contributed by atoms with van der Waals surface area (Å²) < 4.78 is 65.4. The van der Waals surface area contributed by atoms with E-state index in [0.717, 1.165) is 34.6 Å². The van der Waals surface area contributed by atoms with E-state index in [1.54, 1.807) is 4.90 Å². The van der Waals surface area contributed by atoms with Crippen molar-refractivity contribution in [2.75, 3.05) is 53.0 Å². The Bertz CT molecular complexity index is 1180. The van der Waals surface area contributed by atoms with Gasteiger partial charge in [0.2, 0.25) is 10.0 Å². The van der Waals surface area contributed by atoms with Crippen LogP contribution in [0.1, 0.15) is 0 Å². The predicted octanol–water partition coefficient (Wildman–Crippen LogP) is 1.64. The molecular weight excluding hydrogens is 502 g/mol. The minimum atomic E-state index is -4.43. The first kappa shape index (κ1) is 27.3. The molecule has 0 aliphatic carbocycles. The van der Waals surface area contributed by atoms with Gasteiger partial charge < -0.3 is 19.3 Å². The molecule has 1 fully saturated rings.